The fraction of sp³-hybridized carbons (Fsp3) is 1.00. The first-order valence-corrected chi connectivity index (χ1v) is 9.52. The van der Waals surface area contributed by atoms with Crippen LogP contribution in [0.25, 0.3) is 0 Å². The molecule has 0 rings (SSSR count). The smallest absolute Gasteiger partial charge is 0.0784 e. The van der Waals surface area contributed by atoms with Crippen molar-refractivity contribution in [3.63, 3.8) is 0 Å². The van der Waals surface area contributed by atoms with Gasteiger partial charge >= 0.3 is 0 Å². The molecule has 130 valence electrons. The van der Waals surface area contributed by atoms with Gasteiger partial charge in [0.15, 0.2) is 0 Å². The maximum atomic E-state index is 2.47. The highest BCUT2D eigenvalue weighted by Crippen LogP contribution is 2.13. The molecule has 0 fully saturated rings. The van der Waals surface area contributed by atoms with Crippen LogP contribution in [-0.4, -0.2) is 31.2 Å². The predicted molar refractivity (Wildman–Crippen MR) is 93.2 cm³/mol. The zero-order chi connectivity index (χ0) is 15.1. The van der Waals surface area contributed by atoms with Gasteiger partial charge in [-0.15, -0.1) is 0 Å². The van der Waals surface area contributed by atoms with Gasteiger partial charge in [0, 0.05) is 0 Å². The average molecular weight is 320 g/mol. The molecule has 2 heteroatoms. The highest BCUT2D eigenvalue weighted by Gasteiger charge is 2.17. The number of hydrogen-bond acceptors (Lipinski definition) is 0. The van der Waals surface area contributed by atoms with Crippen LogP contribution in [0.15, 0.2) is 0 Å². The molecule has 0 atom stereocenters. The van der Waals surface area contributed by atoms with Crippen LogP contribution in [0, 0.1) is 0 Å². The Morgan fingerprint density at radius 1 is 0.524 bits per heavy atom. The molecule has 0 aromatic rings. The van der Waals surface area contributed by atoms with Crippen LogP contribution in [0.5, 0.6) is 0 Å². The molecule has 0 aromatic carbocycles. The van der Waals surface area contributed by atoms with E-state index in [1.54, 1.807) is 0 Å². The Balaban J connectivity index is 0. The Labute approximate surface area is 141 Å². The van der Waals surface area contributed by atoms with Gasteiger partial charge in [0.05, 0.1) is 26.7 Å². The Hall–Kier alpha value is 0.250. The van der Waals surface area contributed by atoms with E-state index in [0.717, 1.165) is 0 Å². The lowest BCUT2D eigenvalue weighted by molar-refractivity contribution is -0.908. The minimum Gasteiger partial charge on any atom is -1.00 e. The van der Waals surface area contributed by atoms with E-state index >= 15 is 0 Å². The lowest BCUT2D eigenvalue weighted by atomic mass is 10.1. The van der Waals surface area contributed by atoms with Crippen molar-refractivity contribution in [1.29, 1.82) is 0 Å². The number of unbranched alkanes of at least 4 members (excludes halogenated alkanes) is 10. The van der Waals surface area contributed by atoms with Gasteiger partial charge in [0.1, 0.15) is 0 Å². The van der Waals surface area contributed by atoms with Crippen molar-refractivity contribution in [3.05, 3.63) is 0 Å². The molecule has 0 spiro atoms. The summed E-state index contributed by atoms with van der Waals surface area (Å²) in [5, 5.41) is 0. The van der Waals surface area contributed by atoms with E-state index in [9.17, 15) is 0 Å². The summed E-state index contributed by atoms with van der Waals surface area (Å²) in [4.78, 5) is 0. The molecule has 1 nitrogen and oxygen atoms in total. The molecule has 0 heterocycles. The summed E-state index contributed by atoms with van der Waals surface area (Å²) in [6, 6.07) is 0. The summed E-state index contributed by atoms with van der Waals surface area (Å²) in [7, 11) is 2.47. The van der Waals surface area contributed by atoms with E-state index < -0.39 is 0 Å². The molecule has 0 saturated heterocycles. The first-order valence-electron chi connectivity index (χ1n) is 9.52. The Morgan fingerprint density at radius 2 is 0.857 bits per heavy atom. The predicted octanol–water partition coefficient (Wildman–Crippen LogP) is 3.18. The summed E-state index contributed by atoms with van der Waals surface area (Å²) in [5.74, 6) is 0. The van der Waals surface area contributed by atoms with Gasteiger partial charge in [-0.25, -0.2) is 0 Å². The molecule has 0 N–H and O–H groups in total. The molecule has 0 aliphatic rings. The highest BCUT2D eigenvalue weighted by atomic mass is 35.5. The van der Waals surface area contributed by atoms with Crippen molar-refractivity contribution in [2.24, 2.45) is 0 Å². The summed E-state index contributed by atoms with van der Waals surface area (Å²) in [6.45, 7) is 11.1. The third kappa shape index (κ3) is 14.9. The summed E-state index contributed by atoms with van der Waals surface area (Å²) >= 11 is 0. The van der Waals surface area contributed by atoms with Crippen molar-refractivity contribution in [2.45, 2.75) is 97.8 Å². The zero-order valence-corrected chi connectivity index (χ0v) is 16.2. The first kappa shape index (κ1) is 23.5. The van der Waals surface area contributed by atoms with Gasteiger partial charge in [-0.2, -0.15) is 0 Å². The fourth-order valence-corrected chi connectivity index (χ4v) is 2.98. The molecule has 0 amide bonds. The van der Waals surface area contributed by atoms with Crippen molar-refractivity contribution in [1.82, 2.24) is 0 Å². The van der Waals surface area contributed by atoms with Crippen molar-refractivity contribution < 1.29 is 16.9 Å². The largest absolute Gasteiger partial charge is 1.00 e. The molecule has 0 saturated carbocycles. The number of rotatable bonds is 15. The molecule has 0 aliphatic carbocycles. The molecule has 0 unspecified atom stereocenters. The quantitative estimate of drug-likeness (QED) is 0.321. The summed E-state index contributed by atoms with van der Waals surface area (Å²) in [6.07, 6.45) is 17.1. The normalized spacial score (nSPS) is 11.4. The highest BCUT2D eigenvalue weighted by molar-refractivity contribution is 4.48. The number of nitrogens with zero attached hydrogens (tertiary/aromatic N) is 1. The van der Waals surface area contributed by atoms with Crippen molar-refractivity contribution in [2.75, 3.05) is 26.7 Å². The van der Waals surface area contributed by atoms with E-state index in [1.165, 1.54) is 101 Å². The third-order valence-electron chi connectivity index (χ3n) is 4.87. The molecule has 0 radical (unpaired) electrons. The Kier molecular flexibility index (Phi) is 18.6. The van der Waals surface area contributed by atoms with E-state index in [-0.39, 0.29) is 12.4 Å². The Bertz CT molecular complexity index is 178. The molecule has 21 heavy (non-hydrogen) atoms. The van der Waals surface area contributed by atoms with Crippen LogP contribution in [0.4, 0.5) is 0 Å². The van der Waals surface area contributed by atoms with E-state index in [4.69, 9.17) is 0 Å². The standard InChI is InChI=1S/C19H42N.ClH/c1-5-8-10-12-14-16-18-20(4,7-3)19-17-15-13-11-9-6-2;/h5-19H2,1-4H3;1H/q+1;/p-1. The van der Waals surface area contributed by atoms with Gasteiger partial charge in [-0.1, -0.05) is 65.2 Å². The molecule has 0 bridgehead atoms. The summed E-state index contributed by atoms with van der Waals surface area (Å²) < 4.78 is 1.31. The van der Waals surface area contributed by atoms with Crippen LogP contribution in [0.1, 0.15) is 97.8 Å². The second kappa shape index (κ2) is 16.6. The third-order valence-corrected chi connectivity index (χ3v) is 4.87. The van der Waals surface area contributed by atoms with E-state index in [0.29, 0.717) is 0 Å². The van der Waals surface area contributed by atoms with Crippen LogP contribution in [0.2, 0.25) is 0 Å². The minimum absolute atomic E-state index is 0. The van der Waals surface area contributed by atoms with Crippen LogP contribution in [-0.2, 0) is 0 Å². The molecular weight excluding hydrogens is 278 g/mol. The molecule has 0 aromatic heterocycles. The minimum atomic E-state index is 0. The second-order valence-corrected chi connectivity index (χ2v) is 6.92. The first-order chi connectivity index (χ1) is 9.68. The fourth-order valence-electron chi connectivity index (χ4n) is 2.98. The SMILES string of the molecule is CCCCCCCC[N+](C)(CC)CCCCCCCC.[Cl-]. The maximum Gasteiger partial charge on any atom is 0.0784 e. The van der Waals surface area contributed by atoms with Crippen LogP contribution < -0.4 is 12.4 Å². The van der Waals surface area contributed by atoms with Crippen molar-refractivity contribution >= 4 is 0 Å². The van der Waals surface area contributed by atoms with Crippen LogP contribution >= 0.6 is 0 Å². The van der Waals surface area contributed by atoms with Gasteiger partial charge in [0.2, 0.25) is 0 Å². The van der Waals surface area contributed by atoms with Gasteiger partial charge in [-0.3, -0.25) is 0 Å². The summed E-state index contributed by atoms with van der Waals surface area (Å²) in [5.41, 5.74) is 0. The van der Waals surface area contributed by atoms with Crippen LogP contribution in [0.3, 0.4) is 0 Å². The van der Waals surface area contributed by atoms with E-state index in [1.807, 2.05) is 0 Å². The number of quaternary nitrogens is 1. The van der Waals surface area contributed by atoms with Gasteiger partial charge in [0.25, 0.3) is 0 Å². The monoisotopic (exact) mass is 319 g/mol. The lowest BCUT2D eigenvalue weighted by Crippen LogP contribution is -3.00. The lowest BCUT2D eigenvalue weighted by Gasteiger charge is -2.33. The second-order valence-electron chi connectivity index (χ2n) is 6.92. The topological polar surface area (TPSA) is 0 Å². The van der Waals surface area contributed by atoms with Gasteiger partial charge in [-0.05, 0) is 32.6 Å². The molecular formula is C19H42ClN. The van der Waals surface area contributed by atoms with Gasteiger partial charge < -0.3 is 16.9 Å². The zero-order valence-electron chi connectivity index (χ0n) is 15.4. The average Bonchev–Trinajstić information content (AvgIpc) is 2.46. The number of hydrogen-bond donors (Lipinski definition) is 0. The van der Waals surface area contributed by atoms with Crippen molar-refractivity contribution in [3.8, 4) is 0 Å². The maximum absolute atomic E-state index is 2.47. The number of halogens is 1. The van der Waals surface area contributed by atoms with E-state index in [2.05, 4.69) is 27.8 Å². The molecule has 0 aliphatic heterocycles. The Morgan fingerprint density at radius 3 is 1.19 bits per heavy atom.